The summed E-state index contributed by atoms with van der Waals surface area (Å²) in [5, 5.41) is 2.74. The molecule has 1 amide bonds. The van der Waals surface area contributed by atoms with Gasteiger partial charge >= 0.3 is 0 Å². The van der Waals surface area contributed by atoms with Crippen molar-refractivity contribution in [3.05, 3.63) is 54.1 Å². The smallest absolute Gasteiger partial charge is 0.262 e. The van der Waals surface area contributed by atoms with Gasteiger partial charge in [-0.15, -0.1) is 0 Å². The Balaban J connectivity index is 1.55. The van der Waals surface area contributed by atoms with Crippen LogP contribution < -0.4 is 10.1 Å². The van der Waals surface area contributed by atoms with Gasteiger partial charge in [-0.3, -0.25) is 4.79 Å². The molecule has 0 bridgehead atoms. The highest BCUT2D eigenvalue weighted by Crippen LogP contribution is 2.22. The van der Waals surface area contributed by atoms with E-state index in [0.717, 1.165) is 25.7 Å². The molecule has 0 aliphatic carbocycles. The molecule has 6 nitrogen and oxygen atoms in total. The van der Waals surface area contributed by atoms with Crippen LogP contribution in [0, 0.1) is 0 Å². The van der Waals surface area contributed by atoms with Gasteiger partial charge in [0.25, 0.3) is 5.91 Å². The number of anilines is 1. The lowest BCUT2D eigenvalue weighted by atomic mass is 10.0. The highest BCUT2D eigenvalue weighted by Gasteiger charge is 2.24. The number of carbonyl (C=O) groups is 1. The normalized spacial score (nSPS) is 15.6. The zero-order valence-electron chi connectivity index (χ0n) is 17.6. The Morgan fingerprint density at radius 3 is 2.13 bits per heavy atom. The van der Waals surface area contributed by atoms with Crippen molar-refractivity contribution >= 4 is 21.6 Å². The molecule has 1 aliphatic rings. The molecular weight excluding hydrogens is 400 g/mol. The van der Waals surface area contributed by atoms with Crippen LogP contribution in [0.25, 0.3) is 0 Å². The minimum atomic E-state index is -3.49. The van der Waals surface area contributed by atoms with E-state index >= 15 is 0 Å². The third kappa shape index (κ3) is 5.83. The fourth-order valence-electron chi connectivity index (χ4n) is 3.44. The molecule has 0 spiro atoms. The predicted molar refractivity (Wildman–Crippen MR) is 118 cm³/mol. The van der Waals surface area contributed by atoms with Crippen LogP contribution in [0.15, 0.2) is 53.4 Å². The monoisotopic (exact) mass is 430 g/mol. The zero-order chi connectivity index (χ0) is 21.6. The molecule has 0 atom stereocenters. The van der Waals surface area contributed by atoms with Gasteiger partial charge in [-0.2, -0.15) is 4.31 Å². The van der Waals surface area contributed by atoms with Crippen LogP contribution in [0.2, 0.25) is 0 Å². The Hall–Kier alpha value is -2.38. The molecule has 30 heavy (non-hydrogen) atoms. The van der Waals surface area contributed by atoms with Crippen LogP contribution in [0.1, 0.15) is 51.0 Å². The van der Waals surface area contributed by atoms with Gasteiger partial charge in [-0.25, -0.2) is 8.42 Å². The van der Waals surface area contributed by atoms with Crippen molar-refractivity contribution in [3.8, 4) is 5.75 Å². The first-order valence-corrected chi connectivity index (χ1v) is 11.9. The van der Waals surface area contributed by atoms with Gasteiger partial charge in [-0.05, 0) is 60.7 Å². The minimum Gasteiger partial charge on any atom is -0.484 e. The molecule has 1 aliphatic heterocycles. The number of benzene rings is 2. The first-order valence-electron chi connectivity index (χ1n) is 10.5. The van der Waals surface area contributed by atoms with Crippen molar-refractivity contribution in [2.45, 2.75) is 50.3 Å². The molecule has 1 fully saturated rings. The summed E-state index contributed by atoms with van der Waals surface area (Å²) >= 11 is 0. The third-order valence-corrected chi connectivity index (χ3v) is 7.17. The summed E-state index contributed by atoms with van der Waals surface area (Å²) in [5.41, 5.74) is 1.75. The Labute approximate surface area is 179 Å². The Bertz CT molecular complexity index is 930. The first kappa shape index (κ1) is 22.3. The number of nitrogens with one attached hydrogen (secondary N) is 1. The van der Waals surface area contributed by atoms with Crippen LogP contribution >= 0.6 is 0 Å². The topological polar surface area (TPSA) is 75.7 Å². The summed E-state index contributed by atoms with van der Waals surface area (Å²) in [7, 11) is -3.49. The number of amides is 1. The molecule has 0 saturated carbocycles. The van der Waals surface area contributed by atoms with Gasteiger partial charge in [0, 0.05) is 18.8 Å². The second-order valence-electron chi connectivity index (χ2n) is 7.90. The Morgan fingerprint density at radius 2 is 1.57 bits per heavy atom. The molecule has 1 saturated heterocycles. The second kappa shape index (κ2) is 10.1. The molecule has 3 rings (SSSR count). The van der Waals surface area contributed by atoms with E-state index in [2.05, 4.69) is 19.2 Å². The predicted octanol–water partition coefficient (Wildman–Crippen LogP) is 4.39. The summed E-state index contributed by atoms with van der Waals surface area (Å²) in [6.45, 7) is 5.25. The van der Waals surface area contributed by atoms with E-state index in [9.17, 15) is 13.2 Å². The van der Waals surface area contributed by atoms with Crippen molar-refractivity contribution in [2.24, 2.45) is 0 Å². The summed E-state index contributed by atoms with van der Waals surface area (Å²) < 4.78 is 32.7. The van der Waals surface area contributed by atoms with Crippen LogP contribution in [-0.4, -0.2) is 38.3 Å². The zero-order valence-corrected chi connectivity index (χ0v) is 18.5. The van der Waals surface area contributed by atoms with Crippen LogP contribution in [0.5, 0.6) is 5.75 Å². The quantitative estimate of drug-likeness (QED) is 0.707. The molecule has 1 heterocycles. The number of hydrogen-bond acceptors (Lipinski definition) is 4. The summed E-state index contributed by atoms with van der Waals surface area (Å²) in [4.78, 5) is 12.4. The van der Waals surface area contributed by atoms with Gasteiger partial charge in [0.15, 0.2) is 6.61 Å². The van der Waals surface area contributed by atoms with E-state index < -0.39 is 10.0 Å². The average Bonchev–Trinajstić information content (AvgIpc) is 3.03. The standard InChI is InChI=1S/C23H30N2O4S/c1-18(2)19-7-11-21(12-8-19)29-17-23(26)24-20-9-13-22(14-10-20)30(27,28)25-15-5-3-4-6-16-25/h7-14,18H,3-6,15-17H2,1-2H3,(H,24,26). The minimum absolute atomic E-state index is 0.116. The van der Waals surface area contributed by atoms with Gasteiger partial charge in [0.2, 0.25) is 10.0 Å². The highest BCUT2D eigenvalue weighted by molar-refractivity contribution is 7.89. The average molecular weight is 431 g/mol. The molecule has 0 radical (unpaired) electrons. The fourth-order valence-corrected chi connectivity index (χ4v) is 4.95. The maximum Gasteiger partial charge on any atom is 0.262 e. The van der Waals surface area contributed by atoms with Crippen molar-refractivity contribution in [2.75, 3.05) is 25.0 Å². The molecule has 7 heteroatoms. The fraction of sp³-hybridized carbons (Fsp3) is 0.435. The lowest BCUT2D eigenvalue weighted by Crippen LogP contribution is -2.31. The molecule has 1 N–H and O–H groups in total. The van der Waals surface area contributed by atoms with Crippen LogP contribution in [0.3, 0.4) is 0 Å². The van der Waals surface area contributed by atoms with Gasteiger partial charge < -0.3 is 10.1 Å². The van der Waals surface area contributed by atoms with E-state index in [-0.39, 0.29) is 17.4 Å². The van der Waals surface area contributed by atoms with Gasteiger partial charge in [0.1, 0.15) is 5.75 Å². The number of ether oxygens (including phenoxy) is 1. The number of carbonyl (C=O) groups excluding carboxylic acids is 1. The molecular formula is C23H30N2O4S. The van der Waals surface area contributed by atoms with Gasteiger partial charge in [-0.1, -0.05) is 38.8 Å². The van der Waals surface area contributed by atoms with E-state index in [1.54, 1.807) is 28.6 Å². The SMILES string of the molecule is CC(C)c1ccc(OCC(=O)Nc2ccc(S(=O)(=O)N3CCCCCC3)cc2)cc1. The molecule has 162 valence electrons. The Kier molecular flexibility index (Phi) is 7.50. The molecule has 2 aromatic rings. The molecule has 2 aromatic carbocycles. The lowest BCUT2D eigenvalue weighted by molar-refractivity contribution is -0.118. The maximum absolute atomic E-state index is 12.8. The second-order valence-corrected chi connectivity index (χ2v) is 9.84. The lowest BCUT2D eigenvalue weighted by Gasteiger charge is -2.20. The summed E-state index contributed by atoms with van der Waals surface area (Å²) in [6.07, 6.45) is 3.93. The van der Waals surface area contributed by atoms with Crippen molar-refractivity contribution in [1.82, 2.24) is 4.31 Å². The number of hydrogen-bond donors (Lipinski definition) is 1. The van der Waals surface area contributed by atoms with E-state index in [0.29, 0.717) is 30.4 Å². The largest absolute Gasteiger partial charge is 0.484 e. The van der Waals surface area contributed by atoms with Crippen LogP contribution in [-0.2, 0) is 14.8 Å². The van der Waals surface area contributed by atoms with Gasteiger partial charge in [0.05, 0.1) is 4.90 Å². The van der Waals surface area contributed by atoms with Crippen molar-refractivity contribution in [1.29, 1.82) is 0 Å². The van der Waals surface area contributed by atoms with E-state index in [1.807, 2.05) is 24.3 Å². The van der Waals surface area contributed by atoms with Crippen LogP contribution in [0.4, 0.5) is 5.69 Å². The molecule has 0 aromatic heterocycles. The summed E-state index contributed by atoms with van der Waals surface area (Å²) in [5.74, 6) is 0.771. The van der Waals surface area contributed by atoms with E-state index in [1.165, 1.54) is 5.56 Å². The number of nitrogens with zero attached hydrogens (tertiary/aromatic N) is 1. The third-order valence-electron chi connectivity index (χ3n) is 5.26. The Morgan fingerprint density at radius 1 is 0.967 bits per heavy atom. The first-order chi connectivity index (χ1) is 14.4. The number of rotatable bonds is 7. The molecule has 0 unspecified atom stereocenters. The highest BCUT2D eigenvalue weighted by atomic mass is 32.2. The van der Waals surface area contributed by atoms with E-state index in [4.69, 9.17) is 4.74 Å². The van der Waals surface area contributed by atoms with Crippen molar-refractivity contribution < 1.29 is 17.9 Å². The maximum atomic E-state index is 12.8. The summed E-state index contributed by atoms with van der Waals surface area (Å²) in [6, 6.07) is 14.0. The number of sulfonamides is 1. The van der Waals surface area contributed by atoms with Crippen molar-refractivity contribution in [3.63, 3.8) is 0 Å².